The normalized spacial score (nSPS) is 12.4. The van der Waals surface area contributed by atoms with Gasteiger partial charge in [0.25, 0.3) is 0 Å². The molecular formula is C13H19NO2V. The molecule has 0 aliphatic rings. The van der Waals surface area contributed by atoms with E-state index in [1.165, 1.54) is 4.35 Å². The van der Waals surface area contributed by atoms with Crippen LogP contribution < -0.4 is 4.74 Å². The molecule has 1 rings (SSSR count). The van der Waals surface area contributed by atoms with E-state index in [1.54, 1.807) is 24.3 Å². The first-order chi connectivity index (χ1) is 8.04. The van der Waals surface area contributed by atoms with E-state index >= 15 is 0 Å². The zero-order chi connectivity index (χ0) is 12.8. The molecule has 1 aromatic rings. The van der Waals surface area contributed by atoms with Gasteiger partial charge in [0.15, 0.2) is 0 Å². The van der Waals surface area contributed by atoms with Gasteiger partial charge in [0.05, 0.1) is 0 Å². The number of ether oxygens (including phenoxy) is 1. The fourth-order valence-electron chi connectivity index (χ4n) is 1.71. The minimum absolute atomic E-state index is 0.260. The summed E-state index contributed by atoms with van der Waals surface area (Å²) in [7, 11) is 0. The molecule has 3 nitrogen and oxygen atoms in total. The zero-order valence-electron chi connectivity index (χ0n) is 10.6. The van der Waals surface area contributed by atoms with Gasteiger partial charge >= 0.3 is 112 Å². The van der Waals surface area contributed by atoms with E-state index in [-0.39, 0.29) is 5.75 Å². The molecule has 93 valence electrons. The van der Waals surface area contributed by atoms with Crippen LogP contribution >= 0.6 is 0 Å². The van der Waals surface area contributed by atoms with Crippen molar-refractivity contribution >= 4 is 4.35 Å². The third kappa shape index (κ3) is 4.54. The summed E-state index contributed by atoms with van der Waals surface area (Å²) < 4.78 is 6.92. The van der Waals surface area contributed by atoms with Gasteiger partial charge in [-0.05, 0) is 0 Å². The molecule has 1 unspecified atom stereocenters. The van der Waals surface area contributed by atoms with Crippen LogP contribution in [0.2, 0.25) is 0 Å². The molecule has 0 heterocycles. The molecule has 0 aliphatic carbocycles. The van der Waals surface area contributed by atoms with Crippen LogP contribution in [0.3, 0.4) is 0 Å². The number of rotatable bonds is 6. The van der Waals surface area contributed by atoms with Crippen molar-refractivity contribution < 1.29 is 26.8 Å². The molecule has 0 amide bonds. The number of phenols is 1. The van der Waals surface area contributed by atoms with E-state index < -0.39 is 0 Å². The van der Waals surface area contributed by atoms with Gasteiger partial charge in [0.2, 0.25) is 0 Å². The molecular weight excluding hydrogens is 253 g/mol. The molecule has 0 bridgehead atoms. The topological polar surface area (TPSA) is 32.7 Å². The van der Waals surface area contributed by atoms with Crippen molar-refractivity contribution in [2.24, 2.45) is 0 Å². The Morgan fingerprint density at radius 1 is 1.41 bits per heavy atom. The van der Waals surface area contributed by atoms with Gasteiger partial charge in [0.1, 0.15) is 0 Å². The Hall–Kier alpha value is -0.766. The van der Waals surface area contributed by atoms with Crippen molar-refractivity contribution in [2.45, 2.75) is 26.8 Å². The summed E-state index contributed by atoms with van der Waals surface area (Å²) in [5, 5.41) is 9.16. The molecule has 0 aromatic heterocycles. The van der Waals surface area contributed by atoms with Gasteiger partial charge in [-0.15, -0.1) is 0 Å². The van der Waals surface area contributed by atoms with Gasteiger partial charge in [-0.1, -0.05) is 0 Å². The van der Waals surface area contributed by atoms with Crippen LogP contribution in [-0.2, 0) is 17.0 Å². The van der Waals surface area contributed by atoms with Crippen LogP contribution in [0.15, 0.2) is 24.3 Å². The summed E-state index contributed by atoms with van der Waals surface area (Å²) in [6.45, 7) is 7.96. The molecule has 1 N–H and O–H groups in total. The summed E-state index contributed by atoms with van der Waals surface area (Å²) in [6.07, 6.45) is 0. The number of hydrogen-bond acceptors (Lipinski definition) is 3. The second kappa shape index (κ2) is 6.85. The predicted octanol–water partition coefficient (Wildman–Crippen LogP) is 2.18. The number of hydrogen-bond donors (Lipinski definition) is 1. The fourth-order valence-corrected chi connectivity index (χ4v) is 2.24. The molecule has 0 radical (unpaired) electrons. The summed E-state index contributed by atoms with van der Waals surface area (Å²) in [5.74, 6) is 1.05. The van der Waals surface area contributed by atoms with Gasteiger partial charge in [-0.25, -0.2) is 0 Å². The first kappa shape index (κ1) is 14.3. The average molecular weight is 272 g/mol. The minimum atomic E-state index is 0.260. The Morgan fingerprint density at radius 3 is 2.47 bits per heavy atom. The van der Waals surface area contributed by atoms with Crippen molar-refractivity contribution in [1.82, 2.24) is 4.90 Å². The molecule has 0 spiro atoms. The molecule has 1 aromatic carbocycles. The van der Waals surface area contributed by atoms with Crippen LogP contribution in [0, 0.1) is 0 Å². The quantitative estimate of drug-likeness (QED) is 0.861. The number of benzene rings is 1. The summed E-state index contributed by atoms with van der Waals surface area (Å²) in [6, 6.07) is 7.14. The van der Waals surface area contributed by atoms with Gasteiger partial charge in [-0.3, -0.25) is 0 Å². The Balaban J connectivity index is 2.49. The van der Waals surface area contributed by atoms with Crippen molar-refractivity contribution in [3.05, 3.63) is 24.3 Å². The van der Waals surface area contributed by atoms with E-state index in [0.29, 0.717) is 12.6 Å². The summed E-state index contributed by atoms with van der Waals surface area (Å²) in [4.78, 5) is 2.28. The van der Waals surface area contributed by atoms with Crippen molar-refractivity contribution in [3.8, 4) is 11.5 Å². The summed E-state index contributed by atoms with van der Waals surface area (Å²) >= 11 is 2.57. The fraction of sp³-hybridized carbons (Fsp3) is 0.462. The monoisotopic (exact) mass is 272 g/mol. The third-order valence-electron chi connectivity index (χ3n) is 2.62. The molecule has 17 heavy (non-hydrogen) atoms. The maximum atomic E-state index is 9.16. The first-order valence-corrected chi connectivity index (χ1v) is 6.45. The molecule has 4 heteroatoms. The molecule has 1 atom stereocenters. The van der Waals surface area contributed by atoms with E-state index in [1.807, 2.05) is 0 Å². The van der Waals surface area contributed by atoms with Crippen LogP contribution in [0.5, 0.6) is 11.5 Å². The summed E-state index contributed by atoms with van der Waals surface area (Å²) in [5.41, 5.74) is 0. The number of phenolic OH excluding ortho intramolecular Hbond substituents is 1. The van der Waals surface area contributed by atoms with E-state index in [2.05, 4.69) is 42.7 Å². The van der Waals surface area contributed by atoms with Crippen molar-refractivity contribution in [2.75, 3.05) is 13.2 Å². The van der Waals surface area contributed by atoms with Crippen LogP contribution in [-0.4, -0.2) is 33.6 Å². The first-order valence-electron chi connectivity index (χ1n) is 5.75. The third-order valence-corrected chi connectivity index (χ3v) is 3.02. The molecule has 0 fully saturated rings. The van der Waals surface area contributed by atoms with E-state index in [4.69, 9.17) is 9.84 Å². The number of nitrogens with zero attached hydrogens (tertiary/aromatic N) is 1. The van der Waals surface area contributed by atoms with Crippen LogP contribution in [0.25, 0.3) is 0 Å². The predicted molar refractivity (Wildman–Crippen MR) is 66.1 cm³/mol. The molecule has 0 aliphatic heterocycles. The van der Waals surface area contributed by atoms with Crippen LogP contribution in [0.1, 0.15) is 20.8 Å². The SMILES string of the molecule is CCN([C](C)=[V])C(C)COc1ccc(O)cc1. The van der Waals surface area contributed by atoms with E-state index in [0.717, 1.165) is 12.3 Å². The Bertz CT molecular complexity index is 364. The van der Waals surface area contributed by atoms with Gasteiger partial charge in [-0.2, -0.15) is 0 Å². The number of aromatic hydroxyl groups is 1. The van der Waals surface area contributed by atoms with Crippen LogP contribution in [0.4, 0.5) is 0 Å². The number of likely N-dealkylation sites (N-methyl/N-ethyl adjacent to an activating group) is 1. The Morgan fingerprint density at radius 2 is 2.00 bits per heavy atom. The zero-order valence-corrected chi connectivity index (χ0v) is 11.9. The van der Waals surface area contributed by atoms with Gasteiger partial charge < -0.3 is 0 Å². The molecule has 0 saturated carbocycles. The second-order valence-electron chi connectivity index (χ2n) is 3.99. The molecule has 0 saturated heterocycles. The van der Waals surface area contributed by atoms with Gasteiger partial charge in [0, 0.05) is 0 Å². The standard InChI is InChI=1S/C13H19NO2.V/c1-4-14(5-2)11(3)10-16-13-8-6-12(15)7-9-13;/h6-9,11,15H,4,10H2,1-3H3;. The van der Waals surface area contributed by atoms with E-state index in [9.17, 15) is 0 Å². The second-order valence-corrected chi connectivity index (χ2v) is 5.00. The Kier molecular flexibility index (Phi) is 5.76. The maximum absolute atomic E-state index is 9.16. The Labute approximate surface area is 112 Å². The average Bonchev–Trinajstić information content (AvgIpc) is 2.28. The van der Waals surface area contributed by atoms with Crippen molar-refractivity contribution in [3.63, 3.8) is 0 Å². The van der Waals surface area contributed by atoms with Crippen molar-refractivity contribution in [1.29, 1.82) is 0 Å².